The van der Waals surface area contributed by atoms with Gasteiger partial charge in [0.25, 0.3) is 0 Å². The highest BCUT2D eigenvalue weighted by Crippen LogP contribution is 2.21. The molecule has 1 aromatic carbocycles. The molecule has 5 nitrogen and oxygen atoms in total. The summed E-state index contributed by atoms with van der Waals surface area (Å²) in [6, 6.07) is 6.33. The standard InChI is InChI=1S/C18H26N2O3S/c1-14-9-11-17(12-10-14)20(24(3,22)23)15(2)18(21)19-13-16-7-5-4-6-8-16/h7,9-12,15H,4-6,8,13H2,1-3H3,(H,19,21)/t15-/m1/s1. The van der Waals surface area contributed by atoms with Gasteiger partial charge in [-0.15, -0.1) is 0 Å². The van der Waals surface area contributed by atoms with E-state index >= 15 is 0 Å². The first kappa shape index (κ1) is 18.5. The summed E-state index contributed by atoms with van der Waals surface area (Å²) in [5.41, 5.74) is 2.76. The van der Waals surface area contributed by atoms with E-state index in [1.165, 1.54) is 16.3 Å². The Labute approximate surface area is 144 Å². The first-order valence-electron chi connectivity index (χ1n) is 8.31. The minimum atomic E-state index is -3.56. The SMILES string of the molecule is Cc1ccc(N([C@H](C)C(=O)NCC2=CCCCC2)S(C)(=O)=O)cc1. The molecule has 1 aliphatic carbocycles. The van der Waals surface area contributed by atoms with Crippen LogP contribution < -0.4 is 9.62 Å². The number of anilines is 1. The summed E-state index contributed by atoms with van der Waals surface area (Å²) < 4.78 is 25.6. The van der Waals surface area contributed by atoms with E-state index in [9.17, 15) is 13.2 Å². The number of carbonyl (C=O) groups is 1. The summed E-state index contributed by atoms with van der Waals surface area (Å²) in [5, 5.41) is 2.87. The lowest BCUT2D eigenvalue weighted by atomic mass is 10.00. The molecule has 1 aromatic rings. The fourth-order valence-electron chi connectivity index (χ4n) is 2.91. The monoisotopic (exact) mass is 350 g/mol. The van der Waals surface area contributed by atoms with Crippen LogP contribution >= 0.6 is 0 Å². The van der Waals surface area contributed by atoms with Crippen molar-refractivity contribution in [3.05, 3.63) is 41.5 Å². The number of aryl methyl sites for hydroxylation is 1. The van der Waals surface area contributed by atoms with Crippen molar-refractivity contribution in [2.24, 2.45) is 0 Å². The Morgan fingerprint density at radius 2 is 1.92 bits per heavy atom. The van der Waals surface area contributed by atoms with Crippen LogP contribution in [-0.2, 0) is 14.8 Å². The predicted octanol–water partition coefficient (Wildman–Crippen LogP) is 2.77. The summed E-state index contributed by atoms with van der Waals surface area (Å²) in [7, 11) is -3.56. The molecule has 0 aromatic heterocycles. The van der Waals surface area contributed by atoms with Crippen molar-refractivity contribution < 1.29 is 13.2 Å². The molecule has 0 bridgehead atoms. The van der Waals surface area contributed by atoms with Gasteiger partial charge >= 0.3 is 0 Å². The number of rotatable bonds is 6. The molecule has 1 N–H and O–H groups in total. The average molecular weight is 350 g/mol. The lowest BCUT2D eigenvalue weighted by Crippen LogP contribution is -2.48. The Morgan fingerprint density at radius 1 is 1.25 bits per heavy atom. The Bertz CT molecular complexity index is 708. The van der Waals surface area contributed by atoms with Gasteiger partial charge in [0.15, 0.2) is 0 Å². The van der Waals surface area contributed by atoms with Crippen LogP contribution in [0.1, 0.15) is 38.2 Å². The number of benzene rings is 1. The molecule has 0 saturated carbocycles. The van der Waals surface area contributed by atoms with Gasteiger partial charge in [-0.05, 0) is 51.7 Å². The van der Waals surface area contributed by atoms with Crippen molar-refractivity contribution in [2.75, 3.05) is 17.1 Å². The Balaban J connectivity index is 2.12. The van der Waals surface area contributed by atoms with E-state index in [2.05, 4.69) is 11.4 Å². The van der Waals surface area contributed by atoms with Crippen LogP contribution in [0, 0.1) is 6.92 Å². The molecule has 0 fully saturated rings. The number of nitrogens with one attached hydrogen (secondary N) is 1. The summed E-state index contributed by atoms with van der Waals surface area (Å²) in [5.74, 6) is -0.285. The third-order valence-electron chi connectivity index (χ3n) is 4.25. The quantitative estimate of drug-likeness (QED) is 0.802. The number of allylic oxidation sites excluding steroid dienone is 1. The maximum atomic E-state index is 12.5. The minimum absolute atomic E-state index is 0.285. The number of hydrogen-bond acceptors (Lipinski definition) is 3. The van der Waals surface area contributed by atoms with E-state index < -0.39 is 16.1 Å². The van der Waals surface area contributed by atoms with Gasteiger partial charge in [0, 0.05) is 6.54 Å². The minimum Gasteiger partial charge on any atom is -0.351 e. The van der Waals surface area contributed by atoms with Crippen LogP contribution in [0.25, 0.3) is 0 Å². The van der Waals surface area contributed by atoms with Gasteiger partial charge in [-0.1, -0.05) is 29.3 Å². The summed E-state index contributed by atoms with van der Waals surface area (Å²) in [4.78, 5) is 12.5. The topological polar surface area (TPSA) is 66.5 Å². The Morgan fingerprint density at radius 3 is 2.46 bits per heavy atom. The number of amides is 1. The number of hydrogen-bond donors (Lipinski definition) is 1. The van der Waals surface area contributed by atoms with Crippen molar-refractivity contribution in [1.29, 1.82) is 0 Å². The van der Waals surface area contributed by atoms with Crippen LogP contribution in [-0.4, -0.2) is 33.2 Å². The first-order valence-corrected chi connectivity index (χ1v) is 10.2. The normalized spacial score (nSPS) is 16.2. The molecule has 1 aliphatic rings. The first-order chi connectivity index (χ1) is 11.3. The van der Waals surface area contributed by atoms with Gasteiger partial charge < -0.3 is 5.32 Å². The van der Waals surface area contributed by atoms with E-state index in [0.29, 0.717) is 12.2 Å². The Kier molecular flexibility index (Phi) is 6.04. The molecular weight excluding hydrogens is 324 g/mol. The molecule has 0 aliphatic heterocycles. The molecule has 2 rings (SSSR count). The zero-order chi connectivity index (χ0) is 17.7. The zero-order valence-electron chi connectivity index (χ0n) is 14.6. The number of sulfonamides is 1. The fourth-order valence-corrected chi connectivity index (χ4v) is 4.09. The van der Waals surface area contributed by atoms with Crippen molar-refractivity contribution in [3.8, 4) is 0 Å². The van der Waals surface area contributed by atoms with Crippen LogP contribution in [0.2, 0.25) is 0 Å². The van der Waals surface area contributed by atoms with Gasteiger partial charge in [0.1, 0.15) is 6.04 Å². The molecule has 6 heteroatoms. The third kappa shape index (κ3) is 4.84. The highest BCUT2D eigenvalue weighted by Gasteiger charge is 2.28. The van der Waals surface area contributed by atoms with Crippen molar-refractivity contribution in [3.63, 3.8) is 0 Å². The molecule has 0 saturated heterocycles. The second-order valence-electron chi connectivity index (χ2n) is 6.40. The van der Waals surface area contributed by atoms with E-state index in [4.69, 9.17) is 0 Å². The van der Waals surface area contributed by atoms with Gasteiger partial charge in [0.2, 0.25) is 15.9 Å². The maximum absolute atomic E-state index is 12.5. The molecule has 0 unspecified atom stereocenters. The largest absolute Gasteiger partial charge is 0.351 e. The molecule has 0 radical (unpaired) electrons. The van der Waals surface area contributed by atoms with Crippen molar-refractivity contribution >= 4 is 21.6 Å². The van der Waals surface area contributed by atoms with E-state index in [1.807, 2.05) is 19.1 Å². The van der Waals surface area contributed by atoms with Gasteiger partial charge in [-0.2, -0.15) is 0 Å². The number of nitrogens with zero attached hydrogens (tertiary/aromatic N) is 1. The molecule has 1 atom stereocenters. The van der Waals surface area contributed by atoms with Crippen molar-refractivity contribution in [1.82, 2.24) is 5.32 Å². The maximum Gasteiger partial charge on any atom is 0.243 e. The average Bonchev–Trinajstić information content (AvgIpc) is 2.54. The van der Waals surface area contributed by atoms with Gasteiger partial charge in [-0.3, -0.25) is 9.10 Å². The molecule has 1 amide bonds. The second kappa shape index (κ2) is 7.83. The summed E-state index contributed by atoms with van der Waals surface area (Å²) in [6.07, 6.45) is 7.70. The second-order valence-corrected chi connectivity index (χ2v) is 8.26. The predicted molar refractivity (Wildman–Crippen MR) is 97.5 cm³/mol. The summed E-state index contributed by atoms with van der Waals surface area (Å²) in [6.45, 7) is 4.04. The molecule has 132 valence electrons. The summed E-state index contributed by atoms with van der Waals surface area (Å²) >= 11 is 0. The van der Waals surface area contributed by atoms with Crippen LogP contribution in [0.15, 0.2) is 35.9 Å². The Hall–Kier alpha value is -1.82. The zero-order valence-corrected chi connectivity index (χ0v) is 15.4. The molecule has 24 heavy (non-hydrogen) atoms. The fraction of sp³-hybridized carbons (Fsp3) is 0.500. The highest BCUT2D eigenvalue weighted by molar-refractivity contribution is 7.92. The smallest absolute Gasteiger partial charge is 0.243 e. The molecule has 0 heterocycles. The van der Waals surface area contributed by atoms with E-state index in [-0.39, 0.29) is 5.91 Å². The number of carbonyl (C=O) groups excluding carboxylic acids is 1. The van der Waals surface area contributed by atoms with Gasteiger partial charge in [0.05, 0.1) is 11.9 Å². The van der Waals surface area contributed by atoms with Gasteiger partial charge in [-0.25, -0.2) is 8.42 Å². The molecular formula is C18H26N2O3S. The van der Waals surface area contributed by atoms with E-state index in [0.717, 1.165) is 31.1 Å². The van der Waals surface area contributed by atoms with E-state index in [1.54, 1.807) is 19.1 Å². The van der Waals surface area contributed by atoms with Crippen molar-refractivity contribution in [2.45, 2.75) is 45.6 Å². The van der Waals surface area contributed by atoms with Crippen LogP contribution in [0.5, 0.6) is 0 Å². The highest BCUT2D eigenvalue weighted by atomic mass is 32.2. The molecule has 0 spiro atoms. The lowest BCUT2D eigenvalue weighted by molar-refractivity contribution is -0.121. The lowest BCUT2D eigenvalue weighted by Gasteiger charge is -2.28. The third-order valence-corrected chi connectivity index (χ3v) is 5.49. The van der Waals surface area contributed by atoms with Crippen LogP contribution in [0.3, 0.4) is 0 Å². The van der Waals surface area contributed by atoms with Crippen LogP contribution in [0.4, 0.5) is 5.69 Å².